The standard InChI is InChI=1S/C16H19FN2O3/c1-15(2,3)22-14(21)19-12-8-16(12)7-9-6-10(17)4-5-11(9)18-13(16)20/h4-6,12H,7-8H2,1-3H3,(H,18,20)(H,19,21)/t12-,16?/m0/s1. The Hall–Kier alpha value is -2.11. The predicted octanol–water partition coefficient (Wildman–Crippen LogP) is 2.60. The van der Waals surface area contributed by atoms with E-state index in [9.17, 15) is 14.0 Å². The Bertz CT molecular complexity index is 653. The first-order valence-corrected chi connectivity index (χ1v) is 7.29. The molecule has 118 valence electrons. The first-order valence-electron chi connectivity index (χ1n) is 7.29. The van der Waals surface area contributed by atoms with Crippen LogP contribution in [0.4, 0.5) is 14.9 Å². The second-order valence-corrected chi connectivity index (χ2v) is 6.99. The second-order valence-electron chi connectivity index (χ2n) is 6.99. The number of hydrogen-bond donors (Lipinski definition) is 2. The van der Waals surface area contributed by atoms with Gasteiger partial charge in [-0.05, 0) is 57.4 Å². The molecule has 2 atom stereocenters. The summed E-state index contributed by atoms with van der Waals surface area (Å²) in [5, 5.41) is 5.52. The highest BCUT2D eigenvalue weighted by molar-refractivity contribution is 6.01. The van der Waals surface area contributed by atoms with Gasteiger partial charge in [-0.25, -0.2) is 9.18 Å². The smallest absolute Gasteiger partial charge is 0.407 e. The second kappa shape index (κ2) is 4.69. The van der Waals surface area contributed by atoms with Crippen molar-refractivity contribution in [3.05, 3.63) is 29.6 Å². The summed E-state index contributed by atoms with van der Waals surface area (Å²) >= 11 is 0. The molecule has 1 aliphatic heterocycles. The zero-order chi connectivity index (χ0) is 16.1. The Kier molecular flexibility index (Phi) is 3.16. The highest BCUT2D eigenvalue weighted by atomic mass is 19.1. The number of nitrogens with one attached hydrogen (secondary N) is 2. The van der Waals surface area contributed by atoms with Gasteiger partial charge in [0.1, 0.15) is 11.4 Å². The van der Waals surface area contributed by atoms with E-state index in [1.165, 1.54) is 12.1 Å². The molecule has 1 aromatic rings. The average molecular weight is 306 g/mol. The lowest BCUT2D eigenvalue weighted by atomic mass is 9.89. The quantitative estimate of drug-likeness (QED) is 0.838. The van der Waals surface area contributed by atoms with Crippen molar-refractivity contribution in [2.75, 3.05) is 5.32 Å². The van der Waals surface area contributed by atoms with E-state index in [1.54, 1.807) is 26.8 Å². The molecule has 1 heterocycles. The SMILES string of the molecule is CC(C)(C)OC(=O)N[C@H]1CC12Cc1cc(F)ccc1NC2=O. The number of amides is 2. The highest BCUT2D eigenvalue weighted by Crippen LogP contribution is 2.52. The maximum atomic E-state index is 13.4. The monoisotopic (exact) mass is 306 g/mol. The molecule has 2 amide bonds. The summed E-state index contributed by atoms with van der Waals surface area (Å²) in [6.45, 7) is 5.34. The fraction of sp³-hybridized carbons (Fsp3) is 0.500. The number of benzene rings is 1. The molecule has 1 fully saturated rings. The van der Waals surface area contributed by atoms with Gasteiger partial charge in [-0.3, -0.25) is 4.79 Å². The molecule has 0 aromatic heterocycles. The van der Waals surface area contributed by atoms with E-state index >= 15 is 0 Å². The predicted molar refractivity (Wildman–Crippen MR) is 78.9 cm³/mol. The van der Waals surface area contributed by atoms with Crippen LogP contribution in [0, 0.1) is 11.2 Å². The van der Waals surface area contributed by atoms with Crippen LogP contribution < -0.4 is 10.6 Å². The Balaban J connectivity index is 1.71. The minimum absolute atomic E-state index is 0.132. The molecule has 2 aliphatic rings. The van der Waals surface area contributed by atoms with Gasteiger partial charge >= 0.3 is 6.09 Å². The number of carbonyl (C=O) groups excluding carboxylic acids is 2. The maximum absolute atomic E-state index is 13.4. The van der Waals surface area contributed by atoms with Crippen molar-refractivity contribution >= 4 is 17.7 Å². The molecule has 2 N–H and O–H groups in total. The van der Waals surface area contributed by atoms with Crippen LogP contribution in [-0.2, 0) is 16.0 Å². The number of carbonyl (C=O) groups is 2. The van der Waals surface area contributed by atoms with Crippen LogP contribution in [0.25, 0.3) is 0 Å². The molecular formula is C16H19FN2O3. The van der Waals surface area contributed by atoms with Gasteiger partial charge in [0.2, 0.25) is 5.91 Å². The number of fused-ring (bicyclic) bond motifs is 1. The van der Waals surface area contributed by atoms with Gasteiger partial charge in [-0.1, -0.05) is 0 Å². The van der Waals surface area contributed by atoms with E-state index in [1.807, 2.05) is 0 Å². The topological polar surface area (TPSA) is 67.4 Å². The molecule has 5 nitrogen and oxygen atoms in total. The molecule has 1 aromatic carbocycles. The Morgan fingerprint density at radius 2 is 2.18 bits per heavy atom. The number of alkyl carbamates (subject to hydrolysis) is 1. The van der Waals surface area contributed by atoms with Crippen LogP contribution >= 0.6 is 0 Å². The van der Waals surface area contributed by atoms with Crippen LogP contribution in [0.15, 0.2) is 18.2 Å². The van der Waals surface area contributed by atoms with Gasteiger partial charge in [0.15, 0.2) is 0 Å². The molecule has 0 radical (unpaired) electrons. The van der Waals surface area contributed by atoms with Crippen LogP contribution in [0.2, 0.25) is 0 Å². The molecule has 6 heteroatoms. The normalized spacial score (nSPS) is 26.2. The van der Waals surface area contributed by atoms with Gasteiger partial charge in [0.05, 0.1) is 5.41 Å². The van der Waals surface area contributed by atoms with Crippen molar-refractivity contribution in [3.63, 3.8) is 0 Å². The molecule has 1 unspecified atom stereocenters. The van der Waals surface area contributed by atoms with E-state index in [0.717, 1.165) is 5.56 Å². The average Bonchev–Trinajstić information content (AvgIpc) is 3.02. The summed E-state index contributed by atoms with van der Waals surface area (Å²) in [5.41, 5.74) is 0.127. The van der Waals surface area contributed by atoms with Crippen LogP contribution in [-0.4, -0.2) is 23.6 Å². The Labute approximate surface area is 128 Å². The van der Waals surface area contributed by atoms with Crippen molar-refractivity contribution in [1.29, 1.82) is 0 Å². The number of anilines is 1. The lowest BCUT2D eigenvalue weighted by molar-refractivity contribution is -0.121. The fourth-order valence-corrected chi connectivity index (χ4v) is 2.89. The third kappa shape index (κ3) is 2.65. The first-order chi connectivity index (χ1) is 10.2. The third-order valence-electron chi connectivity index (χ3n) is 4.04. The van der Waals surface area contributed by atoms with Crippen LogP contribution in [0.5, 0.6) is 0 Å². The first kappa shape index (κ1) is 14.8. The van der Waals surface area contributed by atoms with Crippen molar-refractivity contribution < 1.29 is 18.7 Å². The zero-order valence-electron chi connectivity index (χ0n) is 12.8. The minimum Gasteiger partial charge on any atom is -0.444 e. The minimum atomic E-state index is -0.683. The number of hydrogen-bond acceptors (Lipinski definition) is 3. The molecule has 22 heavy (non-hydrogen) atoms. The van der Waals surface area contributed by atoms with Crippen molar-refractivity contribution in [2.45, 2.75) is 45.3 Å². The Morgan fingerprint density at radius 3 is 2.86 bits per heavy atom. The molecule has 3 rings (SSSR count). The van der Waals surface area contributed by atoms with E-state index in [-0.39, 0.29) is 17.8 Å². The number of rotatable bonds is 1. The van der Waals surface area contributed by atoms with E-state index in [0.29, 0.717) is 18.5 Å². The number of ether oxygens (including phenoxy) is 1. The van der Waals surface area contributed by atoms with Gasteiger partial charge < -0.3 is 15.4 Å². The largest absolute Gasteiger partial charge is 0.444 e. The van der Waals surface area contributed by atoms with Gasteiger partial charge in [0.25, 0.3) is 0 Å². The van der Waals surface area contributed by atoms with Gasteiger partial charge in [0, 0.05) is 11.7 Å². The van der Waals surface area contributed by atoms with Crippen LogP contribution in [0.3, 0.4) is 0 Å². The summed E-state index contributed by atoms with van der Waals surface area (Å²) in [6.07, 6.45) is 0.424. The number of halogens is 1. The van der Waals surface area contributed by atoms with Gasteiger partial charge in [-0.2, -0.15) is 0 Å². The van der Waals surface area contributed by atoms with Gasteiger partial charge in [-0.15, -0.1) is 0 Å². The van der Waals surface area contributed by atoms with E-state index in [4.69, 9.17) is 4.74 Å². The van der Waals surface area contributed by atoms with Crippen LogP contribution in [0.1, 0.15) is 32.8 Å². The lowest BCUT2D eigenvalue weighted by Crippen LogP contribution is -2.41. The summed E-state index contributed by atoms with van der Waals surface area (Å²) in [6, 6.07) is 4.03. The molecule has 1 spiro atoms. The van der Waals surface area contributed by atoms with E-state index < -0.39 is 17.1 Å². The molecule has 0 bridgehead atoms. The zero-order valence-corrected chi connectivity index (χ0v) is 12.8. The Morgan fingerprint density at radius 1 is 1.45 bits per heavy atom. The maximum Gasteiger partial charge on any atom is 0.407 e. The molecule has 1 saturated carbocycles. The molecule has 1 aliphatic carbocycles. The lowest BCUT2D eigenvalue weighted by Gasteiger charge is -2.26. The molecular weight excluding hydrogens is 287 g/mol. The third-order valence-corrected chi connectivity index (χ3v) is 4.04. The molecule has 0 saturated heterocycles. The fourth-order valence-electron chi connectivity index (χ4n) is 2.89. The van der Waals surface area contributed by atoms with Crippen molar-refractivity contribution in [3.8, 4) is 0 Å². The summed E-state index contributed by atoms with van der Waals surface area (Å²) < 4.78 is 18.6. The van der Waals surface area contributed by atoms with Crippen molar-refractivity contribution in [2.24, 2.45) is 5.41 Å². The van der Waals surface area contributed by atoms with E-state index in [2.05, 4.69) is 10.6 Å². The summed E-state index contributed by atoms with van der Waals surface area (Å²) in [5.74, 6) is -0.463. The highest BCUT2D eigenvalue weighted by Gasteiger charge is 2.62. The summed E-state index contributed by atoms with van der Waals surface area (Å²) in [4.78, 5) is 24.1. The van der Waals surface area contributed by atoms with Crippen molar-refractivity contribution in [1.82, 2.24) is 5.32 Å². The summed E-state index contributed by atoms with van der Waals surface area (Å²) in [7, 11) is 0.